The fourth-order valence-electron chi connectivity index (χ4n) is 3.33. The molecule has 3 nitrogen and oxygen atoms in total. The molecule has 0 spiro atoms. The van der Waals surface area contributed by atoms with Crippen LogP contribution in [0.3, 0.4) is 0 Å². The van der Waals surface area contributed by atoms with E-state index in [1.165, 1.54) is 0 Å². The third kappa shape index (κ3) is 6.07. The molecule has 5 heteroatoms. The Kier molecular flexibility index (Phi) is 9.68. The van der Waals surface area contributed by atoms with Gasteiger partial charge in [0.1, 0.15) is 10.1 Å². The Bertz CT molecular complexity index is 785. The zero-order chi connectivity index (χ0) is 17.6. The molecule has 2 aromatic rings. The zero-order valence-electron chi connectivity index (χ0n) is 15.7. The fraction of sp³-hybridized carbons (Fsp3) is 0.500. The Morgan fingerprint density at radius 3 is 2.12 bits per heavy atom. The second-order valence-electron chi connectivity index (χ2n) is 6.43. The van der Waals surface area contributed by atoms with Crippen LogP contribution in [0, 0.1) is 0 Å². The Morgan fingerprint density at radius 1 is 0.920 bits per heavy atom. The van der Waals surface area contributed by atoms with Crippen LogP contribution in [0.1, 0.15) is 63.5 Å². The van der Waals surface area contributed by atoms with Crippen molar-refractivity contribution in [3.8, 4) is 0 Å². The molecule has 2 rings (SSSR count). The van der Waals surface area contributed by atoms with Crippen LogP contribution >= 0.6 is 0 Å². The topological polar surface area (TPSA) is 57.2 Å². The molecule has 0 aliphatic carbocycles. The third-order valence-corrected chi connectivity index (χ3v) is 5.52. The summed E-state index contributed by atoms with van der Waals surface area (Å²) in [5, 5.41) is 1.94. The van der Waals surface area contributed by atoms with E-state index in [-0.39, 0.29) is 34.5 Å². The molecule has 0 fully saturated rings. The summed E-state index contributed by atoms with van der Waals surface area (Å²) in [5.41, 5.74) is 1.42. The van der Waals surface area contributed by atoms with E-state index in [0.717, 1.165) is 54.9 Å². The van der Waals surface area contributed by atoms with E-state index in [4.69, 9.17) is 0 Å². The molecular weight excluding hydrogens is 343 g/mol. The molecule has 2 aromatic carbocycles. The minimum Gasteiger partial charge on any atom is -0.744 e. The first kappa shape index (κ1) is 22.7. The van der Waals surface area contributed by atoms with Crippen LogP contribution in [0.25, 0.3) is 10.8 Å². The molecule has 0 N–H and O–H groups in total. The van der Waals surface area contributed by atoms with Crippen molar-refractivity contribution in [1.29, 1.82) is 0 Å². The van der Waals surface area contributed by atoms with E-state index in [1.807, 2.05) is 30.3 Å². The summed E-state index contributed by atoms with van der Waals surface area (Å²) < 4.78 is 36.1. The normalized spacial score (nSPS) is 11.5. The molecule has 0 saturated heterocycles. The molecule has 0 atom stereocenters. The molecule has 0 saturated carbocycles. The summed E-state index contributed by atoms with van der Waals surface area (Å²) in [5.74, 6) is 0. The van der Waals surface area contributed by atoms with Gasteiger partial charge in [-0.3, -0.25) is 0 Å². The summed E-state index contributed by atoms with van der Waals surface area (Å²) >= 11 is 0. The molecule has 0 aliphatic rings. The SMILES string of the molecule is CCCCCc1cc2ccccc2c(CCCCC)c1S(=O)(=O)[O-].[Na+]. The molecule has 0 amide bonds. The second kappa shape index (κ2) is 10.7. The molecule has 0 aliphatic heterocycles. The van der Waals surface area contributed by atoms with Gasteiger partial charge in [0, 0.05) is 0 Å². The van der Waals surface area contributed by atoms with Gasteiger partial charge in [-0.25, -0.2) is 8.42 Å². The van der Waals surface area contributed by atoms with Crippen molar-refractivity contribution in [2.75, 3.05) is 0 Å². The van der Waals surface area contributed by atoms with Gasteiger partial charge in [0.2, 0.25) is 0 Å². The first-order chi connectivity index (χ1) is 11.5. The Hall–Kier alpha value is -0.390. The first-order valence-electron chi connectivity index (χ1n) is 8.98. The van der Waals surface area contributed by atoms with Gasteiger partial charge in [-0.2, -0.15) is 0 Å². The minimum absolute atomic E-state index is 0. The first-order valence-corrected chi connectivity index (χ1v) is 10.4. The monoisotopic (exact) mass is 370 g/mol. The number of hydrogen-bond acceptors (Lipinski definition) is 3. The molecule has 0 unspecified atom stereocenters. The zero-order valence-corrected chi connectivity index (χ0v) is 18.5. The Morgan fingerprint density at radius 2 is 1.52 bits per heavy atom. The summed E-state index contributed by atoms with van der Waals surface area (Å²) in [4.78, 5) is 0.0495. The molecule has 132 valence electrons. The molecular formula is C20H27NaO3S. The van der Waals surface area contributed by atoms with Crippen molar-refractivity contribution in [2.45, 2.75) is 70.1 Å². The maximum absolute atomic E-state index is 12.0. The van der Waals surface area contributed by atoms with Gasteiger partial charge in [0.25, 0.3) is 0 Å². The maximum Gasteiger partial charge on any atom is 1.00 e. The average molecular weight is 370 g/mol. The van der Waals surface area contributed by atoms with Crippen molar-refractivity contribution >= 4 is 20.9 Å². The number of benzene rings is 2. The van der Waals surface area contributed by atoms with Gasteiger partial charge in [0.15, 0.2) is 0 Å². The van der Waals surface area contributed by atoms with Crippen LogP contribution in [0.5, 0.6) is 0 Å². The van der Waals surface area contributed by atoms with Crippen LogP contribution < -0.4 is 29.6 Å². The summed E-state index contributed by atoms with van der Waals surface area (Å²) in [6.07, 6.45) is 7.31. The number of unbranched alkanes of at least 4 members (excludes halogenated alkanes) is 4. The number of rotatable bonds is 9. The number of hydrogen-bond donors (Lipinski definition) is 0. The second-order valence-corrected chi connectivity index (χ2v) is 7.75. The van der Waals surface area contributed by atoms with E-state index in [2.05, 4.69) is 13.8 Å². The summed E-state index contributed by atoms with van der Waals surface area (Å²) in [6, 6.07) is 9.70. The summed E-state index contributed by atoms with van der Waals surface area (Å²) in [6.45, 7) is 4.23. The Balaban J connectivity index is 0.00000312. The summed E-state index contributed by atoms with van der Waals surface area (Å²) in [7, 11) is -4.48. The number of aryl methyl sites for hydroxylation is 2. The predicted octanol–water partition coefficient (Wildman–Crippen LogP) is 2.21. The fourth-order valence-corrected chi connectivity index (χ4v) is 4.33. The van der Waals surface area contributed by atoms with Crippen LogP contribution in [0.4, 0.5) is 0 Å². The van der Waals surface area contributed by atoms with Gasteiger partial charge < -0.3 is 4.55 Å². The van der Waals surface area contributed by atoms with E-state index < -0.39 is 10.1 Å². The van der Waals surface area contributed by atoms with Crippen molar-refractivity contribution < 1.29 is 42.5 Å². The van der Waals surface area contributed by atoms with Crippen molar-refractivity contribution in [3.05, 3.63) is 41.5 Å². The van der Waals surface area contributed by atoms with Crippen LogP contribution in [-0.4, -0.2) is 13.0 Å². The largest absolute Gasteiger partial charge is 1.00 e. The van der Waals surface area contributed by atoms with Crippen LogP contribution in [0.15, 0.2) is 35.2 Å². The van der Waals surface area contributed by atoms with E-state index in [0.29, 0.717) is 18.4 Å². The van der Waals surface area contributed by atoms with Gasteiger partial charge in [-0.05, 0) is 53.6 Å². The maximum atomic E-state index is 12.0. The smallest absolute Gasteiger partial charge is 0.744 e. The Labute approximate surface area is 174 Å². The quantitative estimate of drug-likeness (QED) is 0.386. The minimum atomic E-state index is -4.48. The van der Waals surface area contributed by atoms with Gasteiger partial charge in [0.05, 0.1) is 4.90 Å². The van der Waals surface area contributed by atoms with Crippen molar-refractivity contribution in [1.82, 2.24) is 0 Å². The molecule has 0 heterocycles. The molecule has 0 radical (unpaired) electrons. The van der Waals surface area contributed by atoms with Crippen LogP contribution in [0.2, 0.25) is 0 Å². The van der Waals surface area contributed by atoms with E-state index >= 15 is 0 Å². The molecule has 0 bridgehead atoms. The molecule has 0 aromatic heterocycles. The standard InChI is InChI=1S/C20H28O3S.Na/c1-3-5-7-12-17-15-16-11-9-10-13-18(16)19(14-8-6-4-2)20(17)24(21,22)23;/h9-11,13,15H,3-8,12,14H2,1-2H3,(H,21,22,23);/q;+1/p-1. The van der Waals surface area contributed by atoms with E-state index in [9.17, 15) is 13.0 Å². The van der Waals surface area contributed by atoms with Gasteiger partial charge in [-0.15, -0.1) is 0 Å². The van der Waals surface area contributed by atoms with Gasteiger partial charge >= 0.3 is 29.6 Å². The van der Waals surface area contributed by atoms with E-state index in [1.54, 1.807) is 0 Å². The van der Waals surface area contributed by atoms with Gasteiger partial charge in [-0.1, -0.05) is 63.8 Å². The third-order valence-electron chi connectivity index (χ3n) is 4.51. The predicted molar refractivity (Wildman–Crippen MR) is 98.4 cm³/mol. The molecule has 25 heavy (non-hydrogen) atoms. The number of fused-ring (bicyclic) bond motifs is 1. The van der Waals surface area contributed by atoms with Crippen LogP contribution in [-0.2, 0) is 23.0 Å². The van der Waals surface area contributed by atoms with Crippen molar-refractivity contribution in [3.63, 3.8) is 0 Å². The average Bonchev–Trinajstić information content (AvgIpc) is 2.54. The van der Waals surface area contributed by atoms with Crippen molar-refractivity contribution in [2.24, 2.45) is 0 Å².